The van der Waals surface area contributed by atoms with E-state index >= 15 is 0 Å². The van der Waals surface area contributed by atoms with Crippen molar-refractivity contribution in [3.63, 3.8) is 0 Å². The number of hydrogen-bond donors (Lipinski definition) is 1. The maximum Gasteiger partial charge on any atom is 0.416 e. The van der Waals surface area contributed by atoms with Gasteiger partial charge in [-0.3, -0.25) is 9.59 Å². The van der Waals surface area contributed by atoms with E-state index in [1.807, 2.05) is 12.1 Å². The minimum Gasteiger partial charge on any atom is -0.325 e. The van der Waals surface area contributed by atoms with Gasteiger partial charge in [-0.1, -0.05) is 31.0 Å². The van der Waals surface area contributed by atoms with Crippen molar-refractivity contribution < 1.29 is 22.8 Å². The largest absolute Gasteiger partial charge is 0.416 e. The summed E-state index contributed by atoms with van der Waals surface area (Å²) >= 11 is 0. The lowest BCUT2D eigenvalue weighted by molar-refractivity contribution is -0.137. The molecule has 1 aliphatic heterocycles. The summed E-state index contributed by atoms with van der Waals surface area (Å²) in [5, 5.41) is 2.95. The highest BCUT2D eigenvalue weighted by Gasteiger charge is 2.44. The van der Waals surface area contributed by atoms with E-state index in [0.717, 1.165) is 49.1 Å². The van der Waals surface area contributed by atoms with Crippen LogP contribution < -0.4 is 10.2 Å². The molecule has 0 bridgehead atoms. The van der Waals surface area contributed by atoms with E-state index < -0.39 is 17.2 Å². The standard InChI is InChI=1S/C24H25F3N2O2/c1-16(30)29-13-5-6-17-14-20(9-10-21(17)29)28-22(31)23(11-2-3-12-23)18-7-4-8-19(15-18)24(25,26)27/h4,7-10,14-15H,2-3,5-6,11-13H2,1H3,(H,28,31). The van der Waals surface area contributed by atoms with Crippen molar-refractivity contribution in [3.05, 3.63) is 59.2 Å². The van der Waals surface area contributed by atoms with Gasteiger partial charge in [0.2, 0.25) is 11.8 Å². The number of nitrogens with zero attached hydrogens (tertiary/aromatic N) is 1. The number of aryl methyl sites for hydroxylation is 1. The van der Waals surface area contributed by atoms with E-state index in [0.29, 0.717) is 30.6 Å². The van der Waals surface area contributed by atoms with Gasteiger partial charge in [-0.25, -0.2) is 0 Å². The SMILES string of the molecule is CC(=O)N1CCCc2cc(NC(=O)C3(c4cccc(C(F)(F)F)c4)CCCC3)ccc21. The van der Waals surface area contributed by atoms with Gasteiger partial charge in [0.15, 0.2) is 0 Å². The third kappa shape index (κ3) is 4.05. The smallest absolute Gasteiger partial charge is 0.325 e. The van der Waals surface area contributed by atoms with E-state index in [1.165, 1.54) is 13.0 Å². The monoisotopic (exact) mass is 430 g/mol. The van der Waals surface area contributed by atoms with Gasteiger partial charge in [-0.05, 0) is 61.1 Å². The zero-order valence-corrected chi connectivity index (χ0v) is 17.4. The molecule has 0 atom stereocenters. The molecule has 2 aromatic carbocycles. The van der Waals surface area contributed by atoms with Crippen molar-refractivity contribution in [2.45, 2.75) is 57.0 Å². The molecule has 4 rings (SSSR count). The summed E-state index contributed by atoms with van der Waals surface area (Å²) in [6, 6.07) is 10.6. The van der Waals surface area contributed by atoms with Gasteiger partial charge < -0.3 is 10.2 Å². The van der Waals surface area contributed by atoms with Crippen LogP contribution in [0.2, 0.25) is 0 Å². The summed E-state index contributed by atoms with van der Waals surface area (Å²) in [6.45, 7) is 2.20. The lowest BCUT2D eigenvalue weighted by Gasteiger charge is -2.31. The fourth-order valence-corrected chi connectivity index (χ4v) is 4.87. The topological polar surface area (TPSA) is 49.4 Å². The van der Waals surface area contributed by atoms with Gasteiger partial charge in [-0.2, -0.15) is 13.2 Å². The molecule has 0 spiro atoms. The van der Waals surface area contributed by atoms with Crippen molar-refractivity contribution in [2.24, 2.45) is 0 Å². The van der Waals surface area contributed by atoms with Crippen LogP contribution >= 0.6 is 0 Å². The highest BCUT2D eigenvalue weighted by molar-refractivity contribution is 6.00. The van der Waals surface area contributed by atoms with Crippen LogP contribution in [0.15, 0.2) is 42.5 Å². The van der Waals surface area contributed by atoms with Gasteiger partial charge in [0, 0.05) is 24.8 Å². The second-order valence-corrected chi connectivity index (χ2v) is 8.44. The van der Waals surface area contributed by atoms with Gasteiger partial charge in [0.25, 0.3) is 0 Å². The molecule has 2 amide bonds. The number of carbonyl (C=O) groups excluding carboxylic acids is 2. The van der Waals surface area contributed by atoms with E-state index in [4.69, 9.17) is 0 Å². The molecular formula is C24H25F3N2O2. The van der Waals surface area contributed by atoms with Crippen molar-refractivity contribution >= 4 is 23.2 Å². The molecule has 1 aliphatic carbocycles. The molecule has 1 N–H and O–H groups in total. The Kier molecular flexibility index (Phi) is 5.54. The van der Waals surface area contributed by atoms with Crippen LogP contribution in [0.3, 0.4) is 0 Å². The molecule has 0 aromatic heterocycles. The predicted molar refractivity (Wildman–Crippen MR) is 113 cm³/mol. The molecule has 1 fully saturated rings. The highest BCUT2D eigenvalue weighted by atomic mass is 19.4. The first-order valence-corrected chi connectivity index (χ1v) is 10.6. The number of anilines is 2. The minimum absolute atomic E-state index is 0.0211. The molecule has 4 nitrogen and oxygen atoms in total. The normalized spacial score (nSPS) is 17.9. The number of carbonyl (C=O) groups is 2. The molecular weight excluding hydrogens is 405 g/mol. The van der Waals surface area contributed by atoms with E-state index in [1.54, 1.807) is 17.0 Å². The number of benzene rings is 2. The Morgan fingerprint density at radius 3 is 2.45 bits per heavy atom. The Bertz CT molecular complexity index is 1010. The summed E-state index contributed by atoms with van der Waals surface area (Å²) in [5.41, 5.74) is 1.15. The first-order valence-electron chi connectivity index (χ1n) is 10.6. The Balaban J connectivity index is 1.63. The van der Waals surface area contributed by atoms with Gasteiger partial charge in [-0.15, -0.1) is 0 Å². The fraction of sp³-hybridized carbons (Fsp3) is 0.417. The summed E-state index contributed by atoms with van der Waals surface area (Å²) < 4.78 is 39.7. The second-order valence-electron chi connectivity index (χ2n) is 8.44. The number of fused-ring (bicyclic) bond motifs is 1. The van der Waals surface area contributed by atoms with Crippen LogP contribution in [0.1, 0.15) is 55.7 Å². The molecule has 2 aromatic rings. The lowest BCUT2D eigenvalue weighted by atomic mass is 9.77. The number of amides is 2. The molecule has 1 heterocycles. The fourth-order valence-electron chi connectivity index (χ4n) is 4.87. The van der Waals surface area contributed by atoms with Crippen LogP contribution in [0.5, 0.6) is 0 Å². The van der Waals surface area contributed by atoms with E-state index in [-0.39, 0.29) is 11.8 Å². The molecule has 0 radical (unpaired) electrons. The average Bonchev–Trinajstić information content (AvgIpc) is 3.24. The number of rotatable bonds is 3. The second kappa shape index (κ2) is 8.02. The van der Waals surface area contributed by atoms with Crippen LogP contribution in [0, 0.1) is 0 Å². The van der Waals surface area contributed by atoms with Gasteiger partial charge in [0.05, 0.1) is 11.0 Å². The molecule has 1 saturated carbocycles. The third-order valence-corrected chi connectivity index (χ3v) is 6.47. The maximum atomic E-state index is 13.4. The average molecular weight is 430 g/mol. The van der Waals surface area contributed by atoms with E-state index in [9.17, 15) is 22.8 Å². The number of nitrogens with one attached hydrogen (secondary N) is 1. The quantitative estimate of drug-likeness (QED) is 0.704. The third-order valence-electron chi connectivity index (χ3n) is 6.47. The van der Waals surface area contributed by atoms with Crippen LogP contribution in [0.4, 0.5) is 24.5 Å². The van der Waals surface area contributed by atoms with Crippen molar-refractivity contribution in [3.8, 4) is 0 Å². The first kappa shape index (κ1) is 21.4. The van der Waals surface area contributed by atoms with Crippen molar-refractivity contribution in [1.82, 2.24) is 0 Å². The summed E-state index contributed by atoms with van der Waals surface area (Å²) in [5.74, 6) is -0.296. The predicted octanol–water partition coefficient (Wildman–Crippen LogP) is 5.46. The maximum absolute atomic E-state index is 13.4. The lowest BCUT2D eigenvalue weighted by Crippen LogP contribution is -2.38. The summed E-state index contributed by atoms with van der Waals surface area (Å²) in [7, 11) is 0. The zero-order chi connectivity index (χ0) is 22.2. The Labute approximate surface area is 179 Å². The molecule has 0 saturated heterocycles. The summed E-state index contributed by atoms with van der Waals surface area (Å²) in [6.07, 6.45) is -0.178. The first-order chi connectivity index (χ1) is 14.7. The van der Waals surface area contributed by atoms with Gasteiger partial charge in [0.1, 0.15) is 0 Å². The Morgan fingerprint density at radius 2 is 1.77 bits per heavy atom. The highest BCUT2D eigenvalue weighted by Crippen LogP contribution is 2.44. The number of hydrogen-bond acceptors (Lipinski definition) is 2. The van der Waals surface area contributed by atoms with Crippen molar-refractivity contribution in [2.75, 3.05) is 16.8 Å². The Morgan fingerprint density at radius 1 is 1.03 bits per heavy atom. The van der Waals surface area contributed by atoms with Crippen molar-refractivity contribution in [1.29, 1.82) is 0 Å². The minimum atomic E-state index is -4.45. The van der Waals surface area contributed by atoms with Crippen LogP contribution in [-0.4, -0.2) is 18.4 Å². The van der Waals surface area contributed by atoms with Crippen LogP contribution in [0.25, 0.3) is 0 Å². The molecule has 0 unspecified atom stereocenters. The molecule has 31 heavy (non-hydrogen) atoms. The molecule has 7 heteroatoms. The Hall–Kier alpha value is -2.83. The molecule has 2 aliphatic rings. The number of alkyl halides is 3. The van der Waals surface area contributed by atoms with Gasteiger partial charge >= 0.3 is 6.18 Å². The molecule has 164 valence electrons. The summed E-state index contributed by atoms with van der Waals surface area (Å²) in [4.78, 5) is 27.0. The van der Waals surface area contributed by atoms with E-state index in [2.05, 4.69) is 5.32 Å². The number of halogens is 3. The zero-order valence-electron chi connectivity index (χ0n) is 17.4. The van der Waals surface area contributed by atoms with Crippen LogP contribution in [-0.2, 0) is 27.6 Å².